The molecule has 0 spiro atoms. The lowest BCUT2D eigenvalue weighted by molar-refractivity contribution is -0.141. The smallest absolute Gasteiger partial charge is 0.329 e. The second-order valence-corrected chi connectivity index (χ2v) is 7.38. The van der Waals surface area contributed by atoms with Gasteiger partial charge in [0.1, 0.15) is 7.85 Å². The average molecular weight is 378 g/mol. The van der Waals surface area contributed by atoms with Gasteiger partial charge in [0.05, 0.1) is 31.1 Å². The third-order valence-corrected chi connectivity index (χ3v) is 5.32. The van der Waals surface area contributed by atoms with E-state index >= 15 is 0 Å². The molecule has 2 aromatic carbocycles. The minimum absolute atomic E-state index is 0.0792. The summed E-state index contributed by atoms with van der Waals surface area (Å²) in [5.41, 5.74) is 5.13. The van der Waals surface area contributed by atoms with Crippen molar-refractivity contribution in [3.63, 3.8) is 0 Å². The van der Waals surface area contributed by atoms with Crippen LogP contribution >= 0.6 is 0 Å². The van der Waals surface area contributed by atoms with Crippen molar-refractivity contribution < 1.29 is 9.53 Å². The summed E-state index contributed by atoms with van der Waals surface area (Å²) in [7, 11) is 3.44. The molecule has 6 heteroatoms. The van der Waals surface area contributed by atoms with E-state index in [1.165, 1.54) is 12.6 Å². The summed E-state index contributed by atoms with van der Waals surface area (Å²) in [6.45, 7) is 4.64. The van der Waals surface area contributed by atoms with Gasteiger partial charge in [-0.2, -0.15) is 0 Å². The summed E-state index contributed by atoms with van der Waals surface area (Å²) in [6, 6.07) is 13.9. The van der Waals surface area contributed by atoms with Gasteiger partial charge in [0.25, 0.3) is 0 Å². The highest BCUT2D eigenvalue weighted by Gasteiger charge is 2.23. The van der Waals surface area contributed by atoms with Gasteiger partial charge < -0.3 is 4.74 Å². The monoisotopic (exact) mass is 378 g/mol. The Kier molecular flexibility index (Phi) is 6.07. The molecule has 0 radical (unpaired) electrons. The third kappa shape index (κ3) is 3.91. The number of carbonyl (C=O) groups is 1. The van der Waals surface area contributed by atoms with Crippen molar-refractivity contribution in [3.8, 4) is 0 Å². The Hall–Kier alpha value is -2.76. The number of aryl methyl sites for hydroxylation is 1. The van der Waals surface area contributed by atoms with E-state index < -0.39 is 0 Å². The van der Waals surface area contributed by atoms with Gasteiger partial charge in [0.2, 0.25) is 0 Å². The first-order chi connectivity index (χ1) is 13.5. The zero-order valence-corrected chi connectivity index (χ0v) is 17.1. The summed E-state index contributed by atoms with van der Waals surface area (Å²) in [6.07, 6.45) is 1.82. The first-order valence-corrected chi connectivity index (χ1v) is 9.79. The van der Waals surface area contributed by atoms with Gasteiger partial charge >= 0.3 is 11.7 Å². The maximum absolute atomic E-state index is 13.4. The Morgan fingerprint density at radius 1 is 1.18 bits per heavy atom. The van der Waals surface area contributed by atoms with Gasteiger partial charge in [0, 0.05) is 6.04 Å². The number of aromatic nitrogens is 2. The normalized spacial score (nSPS) is 12.2. The van der Waals surface area contributed by atoms with Crippen molar-refractivity contribution in [2.24, 2.45) is 0 Å². The van der Waals surface area contributed by atoms with Crippen LogP contribution in [-0.4, -0.2) is 30.1 Å². The molecule has 146 valence electrons. The molecule has 1 heterocycles. The molecule has 0 aliphatic rings. The fourth-order valence-corrected chi connectivity index (χ4v) is 3.81. The predicted molar refractivity (Wildman–Crippen MR) is 115 cm³/mol. The molecule has 0 amide bonds. The molecule has 1 atom stereocenters. The van der Waals surface area contributed by atoms with Gasteiger partial charge in [-0.3, -0.25) is 13.9 Å². The first kappa shape index (κ1) is 20.0. The lowest BCUT2D eigenvalue weighted by Gasteiger charge is -2.17. The quantitative estimate of drug-likeness (QED) is 0.468. The number of ether oxygens (including phenoxy) is 1. The molecule has 1 aromatic heterocycles. The van der Waals surface area contributed by atoms with E-state index in [1.807, 2.05) is 28.8 Å². The number of nitrogens with zero attached hydrogens (tertiary/aromatic N) is 2. The van der Waals surface area contributed by atoms with Gasteiger partial charge in [0.15, 0.2) is 0 Å². The topological polar surface area (TPSA) is 53.2 Å². The molecule has 0 N–H and O–H groups in total. The highest BCUT2D eigenvalue weighted by Crippen LogP contribution is 2.24. The Labute approximate surface area is 166 Å². The SMILES string of the molecule is Bc1ccc(C)c(Cn2c(=O)n(C(CCC)CC(=O)OC)c3ccccc32)c1. The zero-order chi connectivity index (χ0) is 20.3. The minimum atomic E-state index is -0.295. The van der Waals surface area contributed by atoms with E-state index in [-0.39, 0.29) is 24.1 Å². The van der Waals surface area contributed by atoms with Gasteiger partial charge in [-0.15, -0.1) is 0 Å². The molecule has 1 unspecified atom stereocenters. The molecule has 28 heavy (non-hydrogen) atoms. The van der Waals surface area contributed by atoms with E-state index in [0.717, 1.165) is 35.0 Å². The largest absolute Gasteiger partial charge is 0.469 e. The second kappa shape index (κ2) is 8.51. The van der Waals surface area contributed by atoms with Crippen LogP contribution in [0.1, 0.15) is 43.4 Å². The number of rotatable bonds is 7. The molecular weight excluding hydrogens is 351 g/mol. The standard InChI is InChI=1S/C22H27BN2O3/c1-4-7-18(13-21(26)28-3)25-20-9-6-5-8-19(20)24(22(25)27)14-16-12-17(23)11-10-15(16)2/h5-6,8-12,18H,4,7,13-14,23H2,1-3H3. The second-order valence-electron chi connectivity index (χ2n) is 7.38. The van der Waals surface area contributed by atoms with Crippen LogP contribution in [0.2, 0.25) is 0 Å². The first-order valence-electron chi connectivity index (χ1n) is 9.79. The highest BCUT2D eigenvalue weighted by atomic mass is 16.5. The Bertz CT molecular complexity index is 1050. The number of methoxy groups -OCH3 is 1. The van der Waals surface area contributed by atoms with Crippen LogP contribution in [0, 0.1) is 6.92 Å². The molecule has 0 fully saturated rings. The number of benzene rings is 2. The number of esters is 1. The Morgan fingerprint density at radius 2 is 1.89 bits per heavy atom. The number of hydrogen-bond acceptors (Lipinski definition) is 3. The Balaban J connectivity index is 2.15. The zero-order valence-electron chi connectivity index (χ0n) is 17.1. The maximum atomic E-state index is 13.4. The van der Waals surface area contributed by atoms with E-state index in [4.69, 9.17) is 4.74 Å². The Morgan fingerprint density at radius 3 is 2.57 bits per heavy atom. The van der Waals surface area contributed by atoms with Crippen molar-refractivity contribution in [2.45, 2.75) is 45.7 Å². The summed E-state index contributed by atoms with van der Waals surface area (Å²) in [4.78, 5) is 25.4. The molecule has 3 rings (SSSR count). The number of imidazole rings is 1. The van der Waals surface area contributed by atoms with E-state index in [2.05, 4.69) is 39.9 Å². The van der Waals surface area contributed by atoms with Crippen LogP contribution in [0.3, 0.4) is 0 Å². The van der Waals surface area contributed by atoms with Crippen LogP contribution in [0.4, 0.5) is 0 Å². The molecule has 0 saturated heterocycles. The van der Waals surface area contributed by atoms with Gasteiger partial charge in [-0.1, -0.05) is 49.1 Å². The lowest BCUT2D eigenvalue weighted by Crippen LogP contribution is -2.29. The summed E-state index contributed by atoms with van der Waals surface area (Å²) in [5, 5.41) is 0. The van der Waals surface area contributed by atoms with Crippen molar-refractivity contribution in [2.75, 3.05) is 7.11 Å². The van der Waals surface area contributed by atoms with E-state index in [9.17, 15) is 9.59 Å². The van der Waals surface area contributed by atoms with Crippen LogP contribution in [-0.2, 0) is 16.1 Å². The lowest BCUT2D eigenvalue weighted by atomic mass is 9.92. The predicted octanol–water partition coefficient (Wildman–Crippen LogP) is 2.32. The number of hydrogen-bond donors (Lipinski definition) is 0. The highest BCUT2D eigenvalue weighted by molar-refractivity contribution is 6.32. The molecular formula is C22H27BN2O3. The number of carbonyl (C=O) groups excluding carboxylic acids is 1. The summed E-state index contributed by atoms with van der Waals surface area (Å²) >= 11 is 0. The maximum Gasteiger partial charge on any atom is 0.329 e. The van der Waals surface area contributed by atoms with Crippen LogP contribution in [0.5, 0.6) is 0 Å². The van der Waals surface area contributed by atoms with Gasteiger partial charge in [-0.05, 0) is 36.6 Å². The van der Waals surface area contributed by atoms with E-state index in [0.29, 0.717) is 6.54 Å². The molecule has 0 aliphatic carbocycles. The fraction of sp³-hybridized carbons (Fsp3) is 0.364. The van der Waals surface area contributed by atoms with Crippen molar-refractivity contribution >= 4 is 30.3 Å². The van der Waals surface area contributed by atoms with Gasteiger partial charge in [-0.25, -0.2) is 4.79 Å². The molecule has 5 nitrogen and oxygen atoms in total. The fourth-order valence-electron chi connectivity index (χ4n) is 3.81. The summed E-state index contributed by atoms with van der Waals surface area (Å²) in [5.74, 6) is -0.295. The third-order valence-electron chi connectivity index (χ3n) is 5.32. The minimum Gasteiger partial charge on any atom is -0.469 e. The van der Waals surface area contributed by atoms with Crippen molar-refractivity contribution in [3.05, 3.63) is 64.1 Å². The van der Waals surface area contributed by atoms with E-state index in [1.54, 1.807) is 4.57 Å². The molecule has 0 bridgehead atoms. The van der Waals surface area contributed by atoms with Crippen LogP contribution < -0.4 is 11.2 Å². The number of para-hydroxylation sites is 2. The average Bonchev–Trinajstić information content (AvgIpc) is 2.96. The van der Waals surface area contributed by atoms with Crippen molar-refractivity contribution in [1.82, 2.24) is 9.13 Å². The summed E-state index contributed by atoms with van der Waals surface area (Å²) < 4.78 is 8.47. The molecule has 0 aliphatic heterocycles. The molecule has 3 aromatic rings. The molecule has 0 saturated carbocycles. The number of fused-ring (bicyclic) bond motifs is 1. The van der Waals surface area contributed by atoms with Crippen molar-refractivity contribution in [1.29, 1.82) is 0 Å². The van der Waals surface area contributed by atoms with Crippen LogP contribution in [0.15, 0.2) is 47.3 Å². The van der Waals surface area contributed by atoms with Crippen LogP contribution in [0.25, 0.3) is 11.0 Å².